The molecular weight excluding hydrogens is 146 g/mol. The number of rotatable bonds is 3. The minimum Gasteiger partial charge on any atom is -0.330 e. The van der Waals surface area contributed by atoms with Gasteiger partial charge in [-0.05, 0) is 31.0 Å². The fourth-order valence-corrected chi connectivity index (χ4v) is 1.11. The van der Waals surface area contributed by atoms with E-state index in [9.17, 15) is 0 Å². The summed E-state index contributed by atoms with van der Waals surface area (Å²) in [6, 6.07) is 8.37. The molecule has 0 aliphatic rings. The lowest BCUT2D eigenvalue weighted by Crippen LogP contribution is -1.99. The molecule has 0 amide bonds. The smallest absolute Gasteiger partial charge is 0.00367 e. The number of hydrogen-bond donors (Lipinski definition) is 1. The quantitative estimate of drug-likeness (QED) is 0.723. The van der Waals surface area contributed by atoms with Gasteiger partial charge in [-0.25, -0.2) is 0 Å². The van der Waals surface area contributed by atoms with Gasteiger partial charge < -0.3 is 5.73 Å². The molecule has 0 aliphatic carbocycles. The molecule has 0 saturated heterocycles. The number of benzene rings is 1. The molecule has 1 heteroatoms. The van der Waals surface area contributed by atoms with E-state index in [1.165, 1.54) is 11.1 Å². The number of hydrogen-bond acceptors (Lipinski definition) is 1. The molecule has 0 atom stereocenters. The maximum absolute atomic E-state index is 5.44. The van der Waals surface area contributed by atoms with Gasteiger partial charge in [0.25, 0.3) is 0 Å². The van der Waals surface area contributed by atoms with Crippen LogP contribution in [-0.2, 0) is 0 Å². The first-order valence-electron chi connectivity index (χ1n) is 4.19. The van der Waals surface area contributed by atoms with Gasteiger partial charge in [-0.3, -0.25) is 0 Å². The van der Waals surface area contributed by atoms with Gasteiger partial charge in [0.05, 0.1) is 0 Å². The highest BCUT2D eigenvalue weighted by Gasteiger charge is 1.95. The van der Waals surface area contributed by atoms with Crippen molar-refractivity contribution in [3.8, 4) is 0 Å². The summed E-state index contributed by atoms with van der Waals surface area (Å²) in [5.41, 5.74) is 9.04. The van der Waals surface area contributed by atoms with Gasteiger partial charge in [0.2, 0.25) is 0 Å². The van der Waals surface area contributed by atoms with Gasteiger partial charge in [0.1, 0.15) is 0 Å². The van der Waals surface area contributed by atoms with Crippen molar-refractivity contribution in [2.75, 3.05) is 6.54 Å². The lowest BCUT2D eigenvalue weighted by Gasteiger charge is -2.03. The van der Waals surface area contributed by atoms with E-state index in [1.54, 1.807) is 0 Å². The van der Waals surface area contributed by atoms with Crippen LogP contribution in [0.2, 0.25) is 0 Å². The minimum absolute atomic E-state index is 0.673. The van der Waals surface area contributed by atoms with Crippen LogP contribution in [0.1, 0.15) is 17.5 Å². The second kappa shape index (κ2) is 4.07. The molecule has 0 bridgehead atoms. The van der Waals surface area contributed by atoms with Crippen LogP contribution in [0.25, 0.3) is 5.57 Å². The Labute approximate surface area is 73.9 Å². The zero-order valence-electron chi connectivity index (χ0n) is 7.51. The van der Waals surface area contributed by atoms with E-state index in [0.29, 0.717) is 6.54 Å². The third-order valence-corrected chi connectivity index (χ3v) is 1.91. The molecule has 1 aromatic carbocycles. The molecule has 1 nitrogen and oxygen atoms in total. The molecule has 0 saturated carbocycles. The first-order chi connectivity index (χ1) is 5.74. The largest absolute Gasteiger partial charge is 0.330 e. The fourth-order valence-electron chi connectivity index (χ4n) is 1.11. The van der Waals surface area contributed by atoms with Crippen LogP contribution in [0.5, 0.6) is 0 Å². The molecule has 0 unspecified atom stereocenters. The second-order valence-electron chi connectivity index (χ2n) is 3.01. The SMILES string of the molecule is C=C(CCN)c1ccc(C)cc1. The Morgan fingerprint density at radius 1 is 1.33 bits per heavy atom. The zero-order valence-corrected chi connectivity index (χ0v) is 7.51. The summed E-state index contributed by atoms with van der Waals surface area (Å²) >= 11 is 0. The summed E-state index contributed by atoms with van der Waals surface area (Å²) in [6.07, 6.45) is 0.878. The van der Waals surface area contributed by atoms with Crippen LogP contribution >= 0.6 is 0 Å². The lowest BCUT2D eigenvalue weighted by atomic mass is 10.0. The Balaban J connectivity index is 2.75. The van der Waals surface area contributed by atoms with E-state index < -0.39 is 0 Å². The third-order valence-electron chi connectivity index (χ3n) is 1.91. The summed E-state index contributed by atoms with van der Waals surface area (Å²) in [4.78, 5) is 0. The first kappa shape index (κ1) is 9.01. The standard InChI is InChI=1S/C11H15N/c1-9-3-5-11(6-4-9)10(2)7-8-12/h3-6H,2,7-8,12H2,1H3. The zero-order chi connectivity index (χ0) is 8.97. The highest BCUT2D eigenvalue weighted by Crippen LogP contribution is 2.15. The van der Waals surface area contributed by atoms with Crippen LogP contribution < -0.4 is 5.73 Å². The van der Waals surface area contributed by atoms with Crippen LogP contribution in [-0.4, -0.2) is 6.54 Å². The van der Waals surface area contributed by atoms with Gasteiger partial charge in [-0.1, -0.05) is 36.4 Å². The normalized spacial score (nSPS) is 9.83. The molecule has 12 heavy (non-hydrogen) atoms. The first-order valence-corrected chi connectivity index (χ1v) is 4.19. The molecule has 2 N–H and O–H groups in total. The minimum atomic E-state index is 0.673. The van der Waals surface area contributed by atoms with E-state index in [-0.39, 0.29) is 0 Å². The number of aryl methyl sites for hydroxylation is 1. The summed E-state index contributed by atoms with van der Waals surface area (Å²) in [7, 11) is 0. The van der Waals surface area contributed by atoms with Crippen LogP contribution in [0.4, 0.5) is 0 Å². The van der Waals surface area contributed by atoms with Crippen molar-refractivity contribution >= 4 is 5.57 Å². The van der Waals surface area contributed by atoms with Gasteiger partial charge in [-0.2, -0.15) is 0 Å². The van der Waals surface area contributed by atoms with Crippen molar-refractivity contribution in [1.29, 1.82) is 0 Å². The Morgan fingerprint density at radius 2 is 1.92 bits per heavy atom. The monoisotopic (exact) mass is 161 g/mol. The fraction of sp³-hybridized carbons (Fsp3) is 0.273. The van der Waals surface area contributed by atoms with Crippen molar-refractivity contribution in [2.24, 2.45) is 5.73 Å². The summed E-state index contributed by atoms with van der Waals surface area (Å²) in [5, 5.41) is 0. The van der Waals surface area contributed by atoms with Gasteiger partial charge in [0, 0.05) is 0 Å². The van der Waals surface area contributed by atoms with Crippen LogP contribution in [0, 0.1) is 6.92 Å². The lowest BCUT2D eigenvalue weighted by molar-refractivity contribution is 1.02. The number of nitrogens with two attached hydrogens (primary N) is 1. The Bertz CT molecular complexity index is 259. The predicted molar refractivity (Wildman–Crippen MR) is 53.9 cm³/mol. The van der Waals surface area contributed by atoms with Gasteiger partial charge in [0.15, 0.2) is 0 Å². The van der Waals surface area contributed by atoms with Crippen molar-refractivity contribution < 1.29 is 0 Å². The summed E-state index contributed by atoms with van der Waals surface area (Å²) in [5.74, 6) is 0. The maximum atomic E-state index is 5.44. The van der Waals surface area contributed by atoms with E-state index in [2.05, 4.69) is 37.8 Å². The molecule has 0 fully saturated rings. The van der Waals surface area contributed by atoms with E-state index in [4.69, 9.17) is 5.73 Å². The molecule has 0 aliphatic heterocycles. The molecule has 1 aromatic rings. The second-order valence-corrected chi connectivity index (χ2v) is 3.01. The van der Waals surface area contributed by atoms with Crippen molar-refractivity contribution in [2.45, 2.75) is 13.3 Å². The van der Waals surface area contributed by atoms with E-state index >= 15 is 0 Å². The molecule has 0 spiro atoms. The maximum Gasteiger partial charge on any atom is -0.00367 e. The molecule has 64 valence electrons. The Kier molecular flexibility index (Phi) is 3.06. The van der Waals surface area contributed by atoms with Gasteiger partial charge in [-0.15, -0.1) is 0 Å². The molecule has 1 rings (SSSR count). The topological polar surface area (TPSA) is 26.0 Å². The predicted octanol–water partition coefficient (Wildman–Crippen LogP) is 2.36. The molecule has 0 radical (unpaired) electrons. The Morgan fingerprint density at radius 3 is 2.42 bits per heavy atom. The average molecular weight is 161 g/mol. The van der Waals surface area contributed by atoms with E-state index in [0.717, 1.165) is 12.0 Å². The van der Waals surface area contributed by atoms with E-state index in [1.807, 2.05) is 0 Å². The van der Waals surface area contributed by atoms with Crippen LogP contribution in [0.15, 0.2) is 30.8 Å². The van der Waals surface area contributed by atoms with Crippen molar-refractivity contribution in [3.63, 3.8) is 0 Å². The molecule has 0 aromatic heterocycles. The highest BCUT2D eigenvalue weighted by atomic mass is 14.5. The summed E-state index contributed by atoms with van der Waals surface area (Å²) < 4.78 is 0. The average Bonchev–Trinajstić information content (AvgIpc) is 2.06. The molecular formula is C11H15N. The van der Waals surface area contributed by atoms with Crippen molar-refractivity contribution in [3.05, 3.63) is 42.0 Å². The summed E-state index contributed by atoms with van der Waals surface area (Å²) in [6.45, 7) is 6.72. The van der Waals surface area contributed by atoms with Crippen LogP contribution in [0.3, 0.4) is 0 Å². The van der Waals surface area contributed by atoms with Gasteiger partial charge >= 0.3 is 0 Å². The third kappa shape index (κ3) is 2.21. The Hall–Kier alpha value is -1.08. The highest BCUT2D eigenvalue weighted by molar-refractivity contribution is 5.63. The van der Waals surface area contributed by atoms with Crippen molar-refractivity contribution in [1.82, 2.24) is 0 Å². The molecule has 0 heterocycles.